The summed E-state index contributed by atoms with van der Waals surface area (Å²) in [6, 6.07) is 27.5. The van der Waals surface area contributed by atoms with Crippen molar-refractivity contribution in [2.45, 2.75) is 49.8 Å². The van der Waals surface area contributed by atoms with E-state index in [1.807, 2.05) is 11.8 Å². The summed E-state index contributed by atoms with van der Waals surface area (Å²) < 4.78 is 8.36. The zero-order chi connectivity index (χ0) is 21.5. The lowest BCUT2D eigenvalue weighted by molar-refractivity contribution is 0.302. The second-order valence-corrected chi connectivity index (χ2v) is 8.90. The van der Waals surface area contributed by atoms with Crippen LogP contribution in [0.1, 0.15) is 44.0 Å². The summed E-state index contributed by atoms with van der Waals surface area (Å²) in [6.07, 6.45) is 2.10. The second-order valence-electron chi connectivity index (χ2n) is 7.85. The van der Waals surface area contributed by atoms with Gasteiger partial charge in [0.2, 0.25) is 0 Å². The summed E-state index contributed by atoms with van der Waals surface area (Å²) in [5.74, 6) is 3.52. The quantitative estimate of drug-likeness (QED) is 0.195. The highest BCUT2D eigenvalue weighted by Crippen LogP contribution is 2.25. The van der Waals surface area contributed by atoms with Crippen molar-refractivity contribution in [3.8, 4) is 5.75 Å². The molecule has 160 valence electrons. The number of fused-ring (bicyclic) bond motifs is 1. The molecule has 0 aliphatic heterocycles. The lowest BCUT2D eigenvalue weighted by Gasteiger charge is -2.12. The van der Waals surface area contributed by atoms with Crippen LogP contribution in [0.2, 0.25) is 0 Å². The number of thioether (sulfide) groups is 1. The molecular formula is C27H30N2OS. The Morgan fingerprint density at radius 2 is 1.68 bits per heavy atom. The summed E-state index contributed by atoms with van der Waals surface area (Å²) in [7, 11) is 0. The van der Waals surface area contributed by atoms with Crippen molar-refractivity contribution in [2.24, 2.45) is 0 Å². The third-order valence-electron chi connectivity index (χ3n) is 5.70. The van der Waals surface area contributed by atoms with E-state index in [0.29, 0.717) is 12.5 Å². The molecule has 31 heavy (non-hydrogen) atoms. The molecule has 4 aromatic rings. The maximum Gasteiger partial charge on any atom is 0.120 e. The lowest BCUT2D eigenvalue weighted by Crippen LogP contribution is -2.07. The van der Waals surface area contributed by atoms with E-state index in [-0.39, 0.29) is 0 Å². The van der Waals surface area contributed by atoms with E-state index >= 15 is 0 Å². The van der Waals surface area contributed by atoms with Crippen molar-refractivity contribution in [3.63, 3.8) is 0 Å². The Morgan fingerprint density at radius 1 is 0.935 bits per heavy atom. The summed E-state index contributed by atoms with van der Waals surface area (Å²) in [6.45, 7) is 6.08. The van der Waals surface area contributed by atoms with Gasteiger partial charge in [-0.05, 0) is 60.7 Å². The predicted octanol–water partition coefficient (Wildman–Crippen LogP) is 7.31. The van der Waals surface area contributed by atoms with E-state index in [2.05, 4.69) is 97.3 Å². The fourth-order valence-corrected chi connectivity index (χ4v) is 4.56. The van der Waals surface area contributed by atoms with Crippen LogP contribution in [0, 0.1) is 0 Å². The van der Waals surface area contributed by atoms with Gasteiger partial charge in [0, 0.05) is 11.4 Å². The molecule has 0 radical (unpaired) electrons. The van der Waals surface area contributed by atoms with Crippen LogP contribution >= 0.6 is 11.8 Å². The minimum absolute atomic E-state index is 0.593. The Hall–Kier alpha value is -2.72. The molecule has 0 bridgehead atoms. The normalized spacial score (nSPS) is 12.2. The van der Waals surface area contributed by atoms with Gasteiger partial charge in [-0.25, -0.2) is 4.98 Å². The predicted molar refractivity (Wildman–Crippen MR) is 131 cm³/mol. The number of hydrogen-bond donors (Lipinski definition) is 0. The van der Waals surface area contributed by atoms with Gasteiger partial charge >= 0.3 is 0 Å². The number of ether oxygens (including phenoxy) is 1. The highest BCUT2D eigenvalue weighted by atomic mass is 32.2. The van der Waals surface area contributed by atoms with Crippen LogP contribution in [-0.4, -0.2) is 16.2 Å². The number of aryl methyl sites for hydroxylation is 1. The Balaban J connectivity index is 1.38. The molecule has 0 saturated heterocycles. The van der Waals surface area contributed by atoms with Gasteiger partial charge in [0.25, 0.3) is 0 Å². The average molecular weight is 431 g/mol. The van der Waals surface area contributed by atoms with Crippen LogP contribution in [-0.2, 0) is 12.3 Å². The fraction of sp³-hybridized carbons (Fsp3) is 0.296. The van der Waals surface area contributed by atoms with E-state index in [1.165, 1.54) is 16.0 Å². The monoisotopic (exact) mass is 430 g/mol. The van der Waals surface area contributed by atoms with Crippen LogP contribution in [0.25, 0.3) is 11.0 Å². The first kappa shape index (κ1) is 21.5. The van der Waals surface area contributed by atoms with Gasteiger partial charge < -0.3 is 9.30 Å². The van der Waals surface area contributed by atoms with Crippen molar-refractivity contribution in [1.82, 2.24) is 9.55 Å². The number of hydrogen-bond acceptors (Lipinski definition) is 3. The molecule has 0 saturated carbocycles. The highest BCUT2D eigenvalue weighted by molar-refractivity contribution is 7.98. The molecule has 0 aliphatic rings. The average Bonchev–Trinajstić information content (AvgIpc) is 3.18. The third kappa shape index (κ3) is 5.50. The molecule has 0 fully saturated rings. The summed E-state index contributed by atoms with van der Waals surface area (Å²) in [5, 5.41) is 0. The van der Waals surface area contributed by atoms with Crippen LogP contribution in [0.3, 0.4) is 0 Å². The summed E-state index contributed by atoms with van der Waals surface area (Å²) >= 11 is 1.83. The minimum Gasteiger partial charge on any atom is -0.494 e. The number of rotatable bonds is 10. The summed E-state index contributed by atoms with van der Waals surface area (Å²) in [5.41, 5.74) is 3.64. The number of para-hydroxylation sites is 2. The topological polar surface area (TPSA) is 27.1 Å². The number of aromatic nitrogens is 2. The second kappa shape index (κ2) is 10.5. The molecule has 0 spiro atoms. The zero-order valence-corrected chi connectivity index (χ0v) is 19.1. The molecule has 1 atom stereocenters. The maximum absolute atomic E-state index is 6.01. The van der Waals surface area contributed by atoms with Gasteiger partial charge in [0.05, 0.1) is 23.4 Å². The van der Waals surface area contributed by atoms with Gasteiger partial charge in [0.15, 0.2) is 0 Å². The fourth-order valence-electron chi connectivity index (χ4n) is 3.69. The zero-order valence-electron chi connectivity index (χ0n) is 18.3. The smallest absolute Gasteiger partial charge is 0.120 e. The lowest BCUT2D eigenvalue weighted by atomic mass is 9.99. The Labute approximate surface area is 189 Å². The molecule has 0 amide bonds. The first-order valence-corrected chi connectivity index (χ1v) is 12.1. The van der Waals surface area contributed by atoms with Gasteiger partial charge in [-0.3, -0.25) is 0 Å². The Kier molecular flexibility index (Phi) is 7.31. The van der Waals surface area contributed by atoms with Gasteiger partial charge in [0.1, 0.15) is 11.6 Å². The number of nitrogens with zero attached hydrogens (tertiary/aromatic N) is 2. The van der Waals surface area contributed by atoms with Crippen LogP contribution in [0.4, 0.5) is 0 Å². The van der Waals surface area contributed by atoms with Crippen molar-refractivity contribution < 1.29 is 4.74 Å². The maximum atomic E-state index is 6.01. The molecule has 0 N–H and O–H groups in total. The van der Waals surface area contributed by atoms with Gasteiger partial charge in [-0.1, -0.05) is 56.3 Å². The van der Waals surface area contributed by atoms with E-state index in [4.69, 9.17) is 9.72 Å². The molecule has 1 aromatic heterocycles. The van der Waals surface area contributed by atoms with E-state index in [9.17, 15) is 0 Å². The first-order valence-electron chi connectivity index (χ1n) is 11.1. The van der Waals surface area contributed by atoms with Crippen molar-refractivity contribution in [1.29, 1.82) is 0 Å². The summed E-state index contributed by atoms with van der Waals surface area (Å²) in [4.78, 5) is 6.17. The highest BCUT2D eigenvalue weighted by Gasteiger charge is 2.11. The molecule has 3 aromatic carbocycles. The molecule has 1 unspecified atom stereocenters. The van der Waals surface area contributed by atoms with Gasteiger partial charge in [-0.2, -0.15) is 0 Å². The van der Waals surface area contributed by atoms with Crippen molar-refractivity contribution >= 4 is 22.8 Å². The molecule has 4 rings (SSSR count). The van der Waals surface area contributed by atoms with Crippen LogP contribution < -0.4 is 4.74 Å². The van der Waals surface area contributed by atoms with E-state index in [0.717, 1.165) is 42.2 Å². The minimum atomic E-state index is 0.593. The molecule has 3 nitrogen and oxygen atoms in total. The Bertz CT molecular complexity index is 1090. The Morgan fingerprint density at radius 3 is 2.45 bits per heavy atom. The molecule has 4 heteroatoms. The van der Waals surface area contributed by atoms with E-state index in [1.54, 1.807) is 0 Å². The van der Waals surface area contributed by atoms with Crippen molar-refractivity contribution in [3.05, 3.63) is 90.3 Å². The number of benzene rings is 3. The molecule has 0 aliphatic carbocycles. The molecular weight excluding hydrogens is 400 g/mol. The van der Waals surface area contributed by atoms with E-state index < -0.39 is 0 Å². The van der Waals surface area contributed by atoms with Crippen LogP contribution in [0.5, 0.6) is 5.75 Å². The van der Waals surface area contributed by atoms with Crippen LogP contribution in [0.15, 0.2) is 83.8 Å². The SMILES string of the molecule is CCC(C)c1ccc(OCCCn2c(CSc3ccccc3)nc3ccccc32)cc1. The standard InChI is InChI=1S/C27H30N2OS/c1-3-21(2)22-14-16-23(17-15-22)30-19-9-18-29-26-13-8-7-12-25(26)28-27(29)20-31-24-10-5-4-6-11-24/h4-8,10-17,21H,3,9,18-20H2,1-2H3. The first-order chi connectivity index (χ1) is 15.2. The third-order valence-corrected chi connectivity index (χ3v) is 6.71. The number of imidazole rings is 1. The molecule has 1 heterocycles. The largest absolute Gasteiger partial charge is 0.494 e. The van der Waals surface area contributed by atoms with Gasteiger partial charge in [-0.15, -0.1) is 11.8 Å². The van der Waals surface area contributed by atoms with Crippen molar-refractivity contribution in [2.75, 3.05) is 6.61 Å².